The van der Waals surface area contributed by atoms with Crippen LogP contribution in [0.1, 0.15) is 35.8 Å². The Morgan fingerprint density at radius 1 is 1.36 bits per heavy atom. The number of rotatable bonds is 1. The Labute approximate surface area is 84.1 Å². The minimum Gasteiger partial charge on any atom is -0.496 e. The first-order valence-corrected chi connectivity index (χ1v) is 5.23. The molecule has 1 aromatic rings. The molecular weight excluding hydrogens is 174 g/mol. The molecule has 2 aliphatic rings. The molecule has 0 radical (unpaired) electrons. The average molecular weight is 189 g/mol. The van der Waals surface area contributed by atoms with E-state index in [1.54, 1.807) is 7.11 Å². The van der Waals surface area contributed by atoms with E-state index in [4.69, 9.17) is 10.5 Å². The summed E-state index contributed by atoms with van der Waals surface area (Å²) in [5, 5.41) is 0. The van der Waals surface area contributed by atoms with Crippen molar-refractivity contribution in [1.82, 2.24) is 0 Å². The molecule has 0 amide bonds. The highest BCUT2D eigenvalue weighted by molar-refractivity contribution is 5.51. The van der Waals surface area contributed by atoms with Crippen LogP contribution in [-0.2, 0) is 0 Å². The molecule has 14 heavy (non-hydrogen) atoms. The largest absolute Gasteiger partial charge is 0.496 e. The maximum Gasteiger partial charge on any atom is 0.122 e. The third-order valence-corrected chi connectivity index (χ3v) is 3.74. The maximum atomic E-state index is 6.10. The van der Waals surface area contributed by atoms with Crippen LogP contribution in [0.5, 0.6) is 5.75 Å². The van der Waals surface area contributed by atoms with Gasteiger partial charge in [0.25, 0.3) is 0 Å². The minimum atomic E-state index is 0.351. The molecular formula is C12H15NO. The zero-order chi connectivity index (χ0) is 9.71. The van der Waals surface area contributed by atoms with Gasteiger partial charge in [-0.25, -0.2) is 0 Å². The highest BCUT2D eigenvalue weighted by Crippen LogP contribution is 2.55. The number of hydrogen-bond donors (Lipinski definition) is 1. The van der Waals surface area contributed by atoms with Gasteiger partial charge in [0.05, 0.1) is 7.11 Å². The van der Waals surface area contributed by atoms with Gasteiger partial charge in [0.15, 0.2) is 0 Å². The van der Waals surface area contributed by atoms with Gasteiger partial charge in [0.2, 0.25) is 0 Å². The molecule has 1 saturated carbocycles. The van der Waals surface area contributed by atoms with Crippen molar-refractivity contribution >= 4 is 0 Å². The van der Waals surface area contributed by atoms with E-state index < -0.39 is 0 Å². The van der Waals surface area contributed by atoms with Crippen LogP contribution in [-0.4, -0.2) is 13.2 Å². The molecule has 0 aliphatic heterocycles. The van der Waals surface area contributed by atoms with Gasteiger partial charge < -0.3 is 10.5 Å². The zero-order valence-corrected chi connectivity index (χ0v) is 8.36. The molecule has 1 fully saturated rings. The molecule has 0 spiro atoms. The topological polar surface area (TPSA) is 35.2 Å². The van der Waals surface area contributed by atoms with Gasteiger partial charge in [-0.2, -0.15) is 0 Å². The number of ether oxygens (including phenoxy) is 1. The van der Waals surface area contributed by atoms with E-state index in [9.17, 15) is 0 Å². The standard InChI is InChI=1S/C12H15NO/c1-14-11-4-2-3-8-7-5-9(12(8)11)10(13)6-7/h2-4,7,9-10H,5-6,13H2,1H3/t7?,9?,10-/m1/s1. The SMILES string of the molecule is COc1cccc2c1C1CC2C[C@H]1N. The first-order chi connectivity index (χ1) is 6.81. The van der Waals surface area contributed by atoms with Crippen molar-refractivity contribution in [2.75, 3.05) is 7.11 Å². The molecule has 2 unspecified atom stereocenters. The van der Waals surface area contributed by atoms with Gasteiger partial charge in [0.1, 0.15) is 5.75 Å². The third kappa shape index (κ3) is 0.894. The fraction of sp³-hybridized carbons (Fsp3) is 0.500. The average Bonchev–Trinajstić information content (AvgIpc) is 2.74. The van der Waals surface area contributed by atoms with Crippen LogP contribution < -0.4 is 10.5 Å². The van der Waals surface area contributed by atoms with E-state index >= 15 is 0 Å². The van der Waals surface area contributed by atoms with E-state index in [1.165, 1.54) is 17.5 Å². The monoisotopic (exact) mass is 189 g/mol. The van der Waals surface area contributed by atoms with Gasteiger partial charge >= 0.3 is 0 Å². The predicted octanol–water partition coefficient (Wildman–Crippen LogP) is 2.00. The van der Waals surface area contributed by atoms with E-state index in [0.29, 0.717) is 17.9 Å². The van der Waals surface area contributed by atoms with Crippen LogP contribution >= 0.6 is 0 Å². The van der Waals surface area contributed by atoms with Crippen LogP contribution in [0.2, 0.25) is 0 Å². The quantitative estimate of drug-likeness (QED) is 0.733. The highest BCUT2D eigenvalue weighted by Gasteiger charge is 2.43. The van der Waals surface area contributed by atoms with Crippen molar-refractivity contribution in [3.63, 3.8) is 0 Å². The summed E-state index contributed by atoms with van der Waals surface area (Å²) in [5.41, 5.74) is 8.97. The molecule has 2 N–H and O–H groups in total. The second kappa shape index (κ2) is 2.74. The third-order valence-electron chi connectivity index (χ3n) is 3.74. The maximum absolute atomic E-state index is 6.10. The fourth-order valence-corrected chi connectivity index (χ4v) is 3.15. The molecule has 1 aromatic carbocycles. The van der Waals surface area contributed by atoms with Crippen LogP contribution in [0.3, 0.4) is 0 Å². The van der Waals surface area contributed by atoms with E-state index in [1.807, 2.05) is 6.07 Å². The molecule has 2 heteroatoms. The Hall–Kier alpha value is -1.02. The fourth-order valence-electron chi connectivity index (χ4n) is 3.15. The van der Waals surface area contributed by atoms with Crippen LogP contribution in [0, 0.1) is 0 Å². The van der Waals surface area contributed by atoms with E-state index in [-0.39, 0.29) is 0 Å². The summed E-state index contributed by atoms with van der Waals surface area (Å²) >= 11 is 0. The Morgan fingerprint density at radius 3 is 3.00 bits per heavy atom. The molecule has 3 atom stereocenters. The van der Waals surface area contributed by atoms with Crippen LogP contribution in [0.4, 0.5) is 0 Å². The molecule has 2 nitrogen and oxygen atoms in total. The molecule has 3 rings (SSSR count). The van der Waals surface area contributed by atoms with Crippen LogP contribution in [0.15, 0.2) is 18.2 Å². The van der Waals surface area contributed by atoms with Crippen molar-refractivity contribution in [1.29, 1.82) is 0 Å². The van der Waals surface area contributed by atoms with Crippen molar-refractivity contribution in [3.05, 3.63) is 29.3 Å². The molecule has 0 aromatic heterocycles. The summed E-state index contributed by atoms with van der Waals surface area (Å²) in [5.74, 6) is 2.27. The molecule has 2 bridgehead atoms. The highest BCUT2D eigenvalue weighted by atomic mass is 16.5. The second-order valence-corrected chi connectivity index (χ2v) is 4.40. The Balaban J connectivity index is 2.17. The Kier molecular flexibility index (Phi) is 1.62. The summed E-state index contributed by atoms with van der Waals surface area (Å²) in [4.78, 5) is 0. The van der Waals surface area contributed by atoms with Crippen LogP contribution in [0.25, 0.3) is 0 Å². The predicted molar refractivity (Wildman–Crippen MR) is 55.7 cm³/mol. The van der Waals surface area contributed by atoms with Gasteiger partial charge in [-0.3, -0.25) is 0 Å². The number of fused-ring (bicyclic) bond motifs is 5. The minimum absolute atomic E-state index is 0.351. The number of methoxy groups -OCH3 is 1. The van der Waals surface area contributed by atoms with Crippen molar-refractivity contribution in [2.24, 2.45) is 5.73 Å². The second-order valence-electron chi connectivity index (χ2n) is 4.40. The molecule has 74 valence electrons. The summed E-state index contributed by atoms with van der Waals surface area (Å²) in [6.07, 6.45) is 2.39. The Bertz CT molecular complexity index is 375. The van der Waals surface area contributed by atoms with E-state index in [0.717, 1.165) is 12.2 Å². The lowest BCUT2D eigenvalue weighted by molar-refractivity contribution is 0.403. The first kappa shape index (κ1) is 8.30. The van der Waals surface area contributed by atoms with Gasteiger partial charge in [-0.1, -0.05) is 12.1 Å². The molecule has 0 heterocycles. The lowest BCUT2D eigenvalue weighted by Crippen LogP contribution is -2.25. The smallest absolute Gasteiger partial charge is 0.122 e. The van der Waals surface area contributed by atoms with Crippen molar-refractivity contribution in [2.45, 2.75) is 30.7 Å². The lowest BCUT2D eigenvalue weighted by atomic mass is 9.88. The van der Waals surface area contributed by atoms with Gasteiger partial charge in [-0.15, -0.1) is 0 Å². The summed E-state index contributed by atoms with van der Waals surface area (Å²) in [7, 11) is 1.74. The summed E-state index contributed by atoms with van der Waals surface area (Å²) in [6.45, 7) is 0. The van der Waals surface area contributed by atoms with Crippen molar-refractivity contribution in [3.8, 4) is 5.75 Å². The van der Waals surface area contributed by atoms with Gasteiger partial charge in [-0.05, 0) is 30.4 Å². The first-order valence-electron chi connectivity index (χ1n) is 5.23. The Morgan fingerprint density at radius 2 is 2.21 bits per heavy atom. The van der Waals surface area contributed by atoms with Crippen molar-refractivity contribution < 1.29 is 4.74 Å². The summed E-state index contributed by atoms with van der Waals surface area (Å²) in [6, 6.07) is 6.72. The molecule has 2 aliphatic carbocycles. The number of hydrogen-bond acceptors (Lipinski definition) is 2. The zero-order valence-electron chi connectivity index (χ0n) is 8.36. The van der Waals surface area contributed by atoms with Gasteiger partial charge in [0, 0.05) is 17.5 Å². The molecule has 0 saturated heterocycles. The number of nitrogens with two attached hydrogens (primary N) is 1. The van der Waals surface area contributed by atoms with E-state index in [2.05, 4.69) is 12.1 Å². The summed E-state index contributed by atoms with van der Waals surface area (Å²) < 4.78 is 5.40. The normalized spacial score (nSPS) is 33.1. The lowest BCUT2D eigenvalue weighted by Gasteiger charge is -2.22. The number of benzene rings is 1.